The van der Waals surface area contributed by atoms with Crippen LogP contribution >= 0.6 is 11.6 Å². The Morgan fingerprint density at radius 1 is 1.29 bits per heavy atom. The van der Waals surface area contributed by atoms with Crippen molar-refractivity contribution in [1.82, 2.24) is 15.0 Å². The minimum atomic E-state index is -0.334. The zero-order chi connectivity index (χ0) is 14.8. The molecule has 108 valence electrons. The molecule has 0 saturated heterocycles. The Morgan fingerprint density at radius 2 is 2.14 bits per heavy atom. The van der Waals surface area contributed by atoms with Crippen LogP contribution in [-0.4, -0.2) is 9.61 Å². The van der Waals surface area contributed by atoms with Crippen LogP contribution in [0, 0.1) is 5.82 Å². The second-order valence-electron chi connectivity index (χ2n) is 4.75. The normalized spacial score (nSPS) is 12.7. The SMILES string of the molecule is NNC(Cc1c(F)cccc1Cl)c1cnn2ccccc12. The molecule has 0 spiro atoms. The number of rotatable bonds is 4. The lowest BCUT2D eigenvalue weighted by atomic mass is 10.00. The summed E-state index contributed by atoms with van der Waals surface area (Å²) >= 11 is 6.08. The number of fused-ring (bicyclic) bond motifs is 1. The van der Waals surface area contributed by atoms with E-state index in [0.29, 0.717) is 17.0 Å². The van der Waals surface area contributed by atoms with E-state index in [1.807, 2.05) is 24.4 Å². The molecule has 3 N–H and O–H groups in total. The van der Waals surface area contributed by atoms with E-state index in [4.69, 9.17) is 17.4 Å². The summed E-state index contributed by atoms with van der Waals surface area (Å²) in [5.74, 6) is 5.32. The number of hydrogen-bond donors (Lipinski definition) is 2. The van der Waals surface area contributed by atoms with E-state index in [2.05, 4.69) is 10.5 Å². The molecule has 0 aliphatic carbocycles. The number of pyridine rings is 1. The molecule has 2 heterocycles. The standard InChI is InChI=1S/C15H14ClFN4/c16-12-4-3-5-13(17)10(12)8-14(20-18)11-9-19-21-7-2-1-6-15(11)21/h1-7,9,14,20H,8,18H2. The fourth-order valence-electron chi connectivity index (χ4n) is 2.41. The van der Waals surface area contributed by atoms with Crippen LogP contribution in [0.1, 0.15) is 17.2 Å². The van der Waals surface area contributed by atoms with Crippen molar-refractivity contribution in [2.24, 2.45) is 5.84 Å². The monoisotopic (exact) mass is 304 g/mol. The zero-order valence-corrected chi connectivity index (χ0v) is 11.9. The molecule has 0 saturated carbocycles. The van der Waals surface area contributed by atoms with Gasteiger partial charge in [0.25, 0.3) is 0 Å². The summed E-state index contributed by atoms with van der Waals surface area (Å²) in [7, 11) is 0. The number of nitrogens with two attached hydrogens (primary N) is 1. The minimum absolute atomic E-state index is 0.278. The van der Waals surface area contributed by atoms with Crippen LogP contribution < -0.4 is 11.3 Å². The summed E-state index contributed by atoms with van der Waals surface area (Å²) in [5.41, 5.74) is 4.99. The number of halogens is 2. The number of nitrogens with zero attached hydrogens (tertiary/aromatic N) is 2. The molecule has 0 fully saturated rings. The third kappa shape index (κ3) is 2.63. The maximum atomic E-state index is 13.9. The predicted molar refractivity (Wildman–Crippen MR) is 80.4 cm³/mol. The topological polar surface area (TPSA) is 55.3 Å². The van der Waals surface area contributed by atoms with Crippen molar-refractivity contribution in [1.29, 1.82) is 0 Å². The number of hydrogen-bond acceptors (Lipinski definition) is 3. The number of aromatic nitrogens is 2. The van der Waals surface area contributed by atoms with E-state index in [1.165, 1.54) is 6.07 Å². The quantitative estimate of drug-likeness (QED) is 0.575. The fourth-order valence-corrected chi connectivity index (χ4v) is 2.65. The average Bonchev–Trinajstić information content (AvgIpc) is 2.91. The van der Waals surface area contributed by atoms with Gasteiger partial charge in [0.2, 0.25) is 0 Å². The average molecular weight is 305 g/mol. The van der Waals surface area contributed by atoms with Crippen LogP contribution in [0.4, 0.5) is 4.39 Å². The van der Waals surface area contributed by atoms with E-state index in [0.717, 1.165) is 11.1 Å². The first kappa shape index (κ1) is 14.0. The lowest BCUT2D eigenvalue weighted by molar-refractivity contribution is 0.532. The summed E-state index contributed by atoms with van der Waals surface area (Å²) in [4.78, 5) is 0. The number of nitrogens with one attached hydrogen (secondary N) is 1. The highest BCUT2D eigenvalue weighted by Crippen LogP contribution is 2.27. The van der Waals surface area contributed by atoms with E-state index in [-0.39, 0.29) is 11.9 Å². The molecule has 1 atom stereocenters. The van der Waals surface area contributed by atoms with Gasteiger partial charge in [-0.15, -0.1) is 0 Å². The smallest absolute Gasteiger partial charge is 0.127 e. The van der Waals surface area contributed by atoms with Crippen LogP contribution in [0.2, 0.25) is 5.02 Å². The van der Waals surface area contributed by atoms with E-state index in [1.54, 1.807) is 22.8 Å². The Balaban J connectivity index is 1.99. The second-order valence-corrected chi connectivity index (χ2v) is 5.16. The van der Waals surface area contributed by atoms with Crippen LogP contribution in [0.25, 0.3) is 5.52 Å². The number of hydrazine groups is 1. The van der Waals surface area contributed by atoms with Gasteiger partial charge in [-0.25, -0.2) is 8.91 Å². The minimum Gasteiger partial charge on any atom is -0.271 e. The molecule has 0 aliphatic heterocycles. The molecule has 2 aromatic heterocycles. The Labute approximate surface area is 126 Å². The van der Waals surface area contributed by atoms with Crippen LogP contribution in [-0.2, 0) is 6.42 Å². The third-order valence-corrected chi connectivity index (χ3v) is 3.86. The van der Waals surface area contributed by atoms with Gasteiger partial charge < -0.3 is 0 Å². The van der Waals surface area contributed by atoms with Crippen LogP contribution in [0.5, 0.6) is 0 Å². The fraction of sp³-hybridized carbons (Fsp3) is 0.133. The molecule has 4 nitrogen and oxygen atoms in total. The molecule has 21 heavy (non-hydrogen) atoms. The van der Waals surface area contributed by atoms with Gasteiger partial charge in [-0.1, -0.05) is 23.7 Å². The summed E-state index contributed by atoms with van der Waals surface area (Å²) < 4.78 is 15.7. The molecule has 0 radical (unpaired) electrons. The van der Waals surface area contributed by atoms with Gasteiger partial charge in [0.05, 0.1) is 17.8 Å². The Kier molecular flexibility index (Phi) is 3.88. The van der Waals surface area contributed by atoms with E-state index >= 15 is 0 Å². The van der Waals surface area contributed by atoms with Crippen molar-refractivity contribution in [3.8, 4) is 0 Å². The maximum Gasteiger partial charge on any atom is 0.127 e. The van der Waals surface area contributed by atoms with Gasteiger partial charge in [-0.05, 0) is 30.7 Å². The van der Waals surface area contributed by atoms with Gasteiger partial charge in [-0.3, -0.25) is 11.3 Å². The largest absolute Gasteiger partial charge is 0.271 e. The predicted octanol–water partition coefficient (Wildman–Crippen LogP) is 2.87. The maximum absolute atomic E-state index is 13.9. The van der Waals surface area contributed by atoms with Gasteiger partial charge in [-0.2, -0.15) is 5.10 Å². The molecule has 3 aromatic rings. The first-order chi connectivity index (χ1) is 10.2. The molecule has 1 aromatic carbocycles. The van der Waals surface area contributed by atoms with E-state index < -0.39 is 0 Å². The number of benzene rings is 1. The van der Waals surface area contributed by atoms with Gasteiger partial charge in [0.1, 0.15) is 5.82 Å². The first-order valence-corrected chi connectivity index (χ1v) is 6.90. The highest BCUT2D eigenvalue weighted by molar-refractivity contribution is 6.31. The lowest BCUT2D eigenvalue weighted by Gasteiger charge is -2.16. The molecule has 0 aliphatic rings. The summed E-state index contributed by atoms with van der Waals surface area (Å²) in [6, 6.07) is 10.1. The van der Waals surface area contributed by atoms with Crippen molar-refractivity contribution in [2.75, 3.05) is 0 Å². The first-order valence-electron chi connectivity index (χ1n) is 6.52. The molecule has 3 rings (SSSR count). The summed E-state index contributed by atoms with van der Waals surface area (Å²) in [6.07, 6.45) is 3.93. The van der Waals surface area contributed by atoms with E-state index in [9.17, 15) is 4.39 Å². The lowest BCUT2D eigenvalue weighted by Crippen LogP contribution is -2.29. The highest BCUT2D eigenvalue weighted by atomic mass is 35.5. The van der Waals surface area contributed by atoms with Crippen LogP contribution in [0.15, 0.2) is 48.8 Å². The highest BCUT2D eigenvalue weighted by Gasteiger charge is 2.19. The van der Waals surface area contributed by atoms with Crippen LogP contribution in [0.3, 0.4) is 0 Å². The molecular formula is C15H14ClFN4. The molecule has 6 heteroatoms. The molecule has 0 amide bonds. The van der Waals surface area contributed by atoms with Gasteiger partial charge in [0, 0.05) is 22.3 Å². The Bertz CT molecular complexity index is 751. The van der Waals surface area contributed by atoms with Crippen molar-refractivity contribution in [3.05, 3.63) is 70.8 Å². The Hall–Kier alpha value is -1.95. The van der Waals surface area contributed by atoms with Crippen molar-refractivity contribution >= 4 is 17.1 Å². The molecular weight excluding hydrogens is 291 g/mol. The summed E-state index contributed by atoms with van der Waals surface area (Å²) in [5, 5.41) is 4.66. The second kappa shape index (κ2) is 5.81. The zero-order valence-electron chi connectivity index (χ0n) is 11.1. The molecule has 1 unspecified atom stereocenters. The third-order valence-electron chi connectivity index (χ3n) is 3.50. The summed E-state index contributed by atoms with van der Waals surface area (Å²) in [6.45, 7) is 0. The Morgan fingerprint density at radius 3 is 2.90 bits per heavy atom. The van der Waals surface area contributed by atoms with Gasteiger partial charge in [0.15, 0.2) is 0 Å². The van der Waals surface area contributed by atoms with Gasteiger partial charge >= 0.3 is 0 Å². The van der Waals surface area contributed by atoms with Crippen molar-refractivity contribution in [2.45, 2.75) is 12.5 Å². The van der Waals surface area contributed by atoms with Crippen molar-refractivity contribution < 1.29 is 4.39 Å². The van der Waals surface area contributed by atoms with Crippen molar-refractivity contribution in [3.63, 3.8) is 0 Å². The molecule has 0 bridgehead atoms.